The Bertz CT molecular complexity index is 876. The second-order valence-corrected chi connectivity index (χ2v) is 7.15. The van der Waals surface area contributed by atoms with Crippen LogP contribution in [0.25, 0.3) is 0 Å². The molecule has 1 heterocycles. The van der Waals surface area contributed by atoms with E-state index in [1.807, 2.05) is 13.8 Å². The maximum Gasteiger partial charge on any atom is 0.269 e. The molecule has 152 valence electrons. The number of benzene rings is 2. The highest BCUT2D eigenvalue weighted by Gasteiger charge is 2.19. The van der Waals surface area contributed by atoms with Gasteiger partial charge in [0.2, 0.25) is 5.91 Å². The number of rotatable bonds is 5. The van der Waals surface area contributed by atoms with E-state index in [-0.39, 0.29) is 12.0 Å². The topological polar surface area (TPSA) is 87.7 Å². The van der Waals surface area contributed by atoms with E-state index >= 15 is 0 Å². The lowest BCUT2D eigenvalue weighted by Crippen LogP contribution is -2.41. The molecule has 1 aliphatic heterocycles. The number of nitrogens with one attached hydrogen (secondary N) is 2. The Balaban J connectivity index is 1.54. The molecule has 0 radical (unpaired) electrons. The van der Waals surface area contributed by atoms with Crippen LogP contribution < -0.4 is 20.5 Å². The fourth-order valence-corrected chi connectivity index (χ4v) is 3.09. The van der Waals surface area contributed by atoms with Crippen LogP contribution in [0.2, 0.25) is 0 Å². The average Bonchev–Trinajstić information content (AvgIpc) is 2.72. The summed E-state index contributed by atoms with van der Waals surface area (Å²) in [6.45, 7) is 4.54. The lowest BCUT2D eigenvalue weighted by Gasteiger charge is -2.26. The van der Waals surface area contributed by atoms with Gasteiger partial charge in [0, 0.05) is 29.8 Å². The van der Waals surface area contributed by atoms with E-state index in [9.17, 15) is 14.4 Å². The van der Waals surface area contributed by atoms with E-state index in [1.165, 1.54) is 0 Å². The van der Waals surface area contributed by atoms with Gasteiger partial charge < -0.3 is 9.64 Å². The van der Waals surface area contributed by atoms with Crippen molar-refractivity contribution >= 4 is 23.4 Å². The monoisotopic (exact) mass is 395 g/mol. The summed E-state index contributed by atoms with van der Waals surface area (Å²) in [5, 5.41) is 0. The lowest BCUT2D eigenvalue weighted by atomic mass is 10.1. The molecule has 1 fully saturated rings. The number of carbonyl (C=O) groups excluding carboxylic acids is 3. The molecule has 7 heteroatoms. The Morgan fingerprint density at radius 2 is 1.45 bits per heavy atom. The fraction of sp³-hybridized carbons (Fsp3) is 0.318. The van der Waals surface area contributed by atoms with Gasteiger partial charge in [-0.05, 0) is 75.2 Å². The van der Waals surface area contributed by atoms with Gasteiger partial charge in [0.15, 0.2) is 0 Å². The zero-order valence-corrected chi connectivity index (χ0v) is 16.6. The zero-order valence-electron chi connectivity index (χ0n) is 16.6. The summed E-state index contributed by atoms with van der Waals surface area (Å²) in [7, 11) is 0. The number of carbonyl (C=O) groups is 3. The smallest absolute Gasteiger partial charge is 0.269 e. The molecule has 0 aliphatic carbocycles. The molecule has 0 aromatic heterocycles. The normalized spacial score (nSPS) is 13.9. The van der Waals surface area contributed by atoms with Crippen LogP contribution >= 0.6 is 0 Å². The van der Waals surface area contributed by atoms with E-state index in [2.05, 4.69) is 10.9 Å². The van der Waals surface area contributed by atoms with Crippen molar-refractivity contribution in [2.75, 3.05) is 11.4 Å². The second kappa shape index (κ2) is 9.23. The van der Waals surface area contributed by atoms with Crippen LogP contribution in [-0.4, -0.2) is 30.4 Å². The van der Waals surface area contributed by atoms with Crippen molar-refractivity contribution < 1.29 is 19.1 Å². The summed E-state index contributed by atoms with van der Waals surface area (Å²) in [6, 6.07) is 13.4. The van der Waals surface area contributed by atoms with Crippen molar-refractivity contribution in [3.8, 4) is 5.75 Å². The van der Waals surface area contributed by atoms with Crippen LogP contribution in [0.15, 0.2) is 48.5 Å². The molecule has 2 aromatic rings. The van der Waals surface area contributed by atoms with Crippen LogP contribution in [0.5, 0.6) is 5.75 Å². The minimum absolute atomic E-state index is 0.0494. The molecule has 0 saturated carbocycles. The highest BCUT2D eigenvalue weighted by molar-refractivity contribution is 6.00. The minimum atomic E-state index is -0.436. The summed E-state index contributed by atoms with van der Waals surface area (Å²) in [5.41, 5.74) is 6.37. The molecule has 0 atom stereocenters. The Labute approximate surface area is 170 Å². The van der Waals surface area contributed by atoms with Crippen LogP contribution in [0, 0.1) is 0 Å². The van der Waals surface area contributed by atoms with Crippen molar-refractivity contribution in [3.63, 3.8) is 0 Å². The molecule has 29 heavy (non-hydrogen) atoms. The first kappa shape index (κ1) is 20.4. The molecule has 1 aliphatic rings. The number of anilines is 1. The van der Waals surface area contributed by atoms with Gasteiger partial charge in [-0.3, -0.25) is 25.2 Å². The van der Waals surface area contributed by atoms with Crippen LogP contribution in [0.4, 0.5) is 5.69 Å². The van der Waals surface area contributed by atoms with E-state index in [4.69, 9.17) is 4.74 Å². The van der Waals surface area contributed by atoms with Crippen LogP contribution in [0.3, 0.4) is 0 Å². The third-order valence-electron chi connectivity index (χ3n) is 4.54. The molecule has 7 nitrogen and oxygen atoms in total. The SMILES string of the molecule is CC(C)Oc1ccc(C(=O)NNC(=O)c2ccc(N3CCCCC3=O)cc2)cc1. The maximum atomic E-state index is 12.3. The number of ether oxygens (including phenoxy) is 1. The first-order chi connectivity index (χ1) is 13.9. The Hall–Kier alpha value is -3.35. The number of piperidine rings is 1. The minimum Gasteiger partial charge on any atom is -0.491 e. The molecule has 3 amide bonds. The Kier molecular flexibility index (Phi) is 6.49. The lowest BCUT2D eigenvalue weighted by molar-refractivity contribution is -0.119. The van der Waals surface area contributed by atoms with Gasteiger partial charge in [-0.25, -0.2) is 0 Å². The van der Waals surface area contributed by atoms with Gasteiger partial charge in [0.1, 0.15) is 5.75 Å². The Morgan fingerprint density at radius 1 is 0.897 bits per heavy atom. The predicted molar refractivity (Wildman–Crippen MR) is 110 cm³/mol. The van der Waals surface area contributed by atoms with Crippen molar-refractivity contribution in [1.82, 2.24) is 10.9 Å². The molecular weight excluding hydrogens is 370 g/mol. The van der Waals surface area contributed by atoms with Gasteiger partial charge in [-0.1, -0.05) is 0 Å². The standard InChI is InChI=1S/C22H25N3O4/c1-15(2)29-19-12-8-17(9-13-19)22(28)24-23-21(27)16-6-10-18(11-7-16)25-14-4-3-5-20(25)26/h6-13,15H,3-5,14H2,1-2H3,(H,23,27)(H,24,28). The molecule has 2 aromatic carbocycles. The molecule has 1 saturated heterocycles. The number of nitrogens with zero attached hydrogens (tertiary/aromatic N) is 1. The summed E-state index contributed by atoms with van der Waals surface area (Å²) in [5.74, 6) is -0.0852. The first-order valence-electron chi connectivity index (χ1n) is 9.72. The van der Waals surface area contributed by atoms with Crippen molar-refractivity contribution in [2.45, 2.75) is 39.2 Å². The van der Waals surface area contributed by atoms with Gasteiger partial charge in [-0.2, -0.15) is 0 Å². The number of amides is 3. The zero-order chi connectivity index (χ0) is 20.8. The average molecular weight is 395 g/mol. The van der Waals surface area contributed by atoms with Crippen LogP contribution in [0.1, 0.15) is 53.8 Å². The van der Waals surface area contributed by atoms with E-state index in [0.717, 1.165) is 18.5 Å². The Morgan fingerprint density at radius 3 is 1.97 bits per heavy atom. The largest absolute Gasteiger partial charge is 0.491 e. The number of hydrogen-bond donors (Lipinski definition) is 2. The summed E-state index contributed by atoms with van der Waals surface area (Å²) >= 11 is 0. The third kappa shape index (κ3) is 5.34. The van der Waals surface area contributed by atoms with Crippen LogP contribution in [-0.2, 0) is 4.79 Å². The van der Waals surface area contributed by atoms with Crippen molar-refractivity contribution in [1.29, 1.82) is 0 Å². The van der Waals surface area contributed by atoms with Gasteiger partial charge in [-0.15, -0.1) is 0 Å². The van der Waals surface area contributed by atoms with E-state index in [0.29, 0.717) is 29.8 Å². The van der Waals surface area contributed by atoms with Gasteiger partial charge in [0.25, 0.3) is 11.8 Å². The molecular formula is C22H25N3O4. The molecule has 0 unspecified atom stereocenters. The van der Waals surface area contributed by atoms with Crippen molar-refractivity contribution in [3.05, 3.63) is 59.7 Å². The first-order valence-corrected chi connectivity index (χ1v) is 9.72. The maximum absolute atomic E-state index is 12.3. The van der Waals surface area contributed by atoms with Gasteiger partial charge >= 0.3 is 0 Å². The molecule has 2 N–H and O–H groups in total. The van der Waals surface area contributed by atoms with Gasteiger partial charge in [0.05, 0.1) is 6.10 Å². The molecule has 0 bridgehead atoms. The quantitative estimate of drug-likeness (QED) is 0.762. The fourth-order valence-electron chi connectivity index (χ4n) is 3.09. The highest BCUT2D eigenvalue weighted by atomic mass is 16.5. The predicted octanol–water partition coefficient (Wildman–Crippen LogP) is 3.07. The summed E-state index contributed by atoms with van der Waals surface area (Å²) in [6.07, 6.45) is 2.50. The summed E-state index contributed by atoms with van der Waals surface area (Å²) in [4.78, 5) is 38.2. The second-order valence-electron chi connectivity index (χ2n) is 7.15. The molecule has 0 spiro atoms. The number of hydrogen-bond acceptors (Lipinski definition) is 4. The summed E-state index contributed by atoms with van der Waals surface area (Å²) < 4.78 is 5.54. The molecule has 3 rings (SSSR count). The van der Waals surface area contributed by atoms with E-state index in [1.54, 1.807) is 53.4 Å². The number of hydrazine groups is 1. The highest BCUT2D eigenvalue weighted by Crippen LogP contribution is 2.21. The van der Waals surface area contributed by atoms with E-state index < -0.39 is 11.8 Å². The van der Waals surface area contributed by atoms with Crippen molar-refractivity contribution in [2.24, 2.45) is 0 Å². The third-order valence-corrected chi connectivity index (χ3v) is 4.54.